The molecule has 2 saturated heterocycles. The van der Waals surface area contributed by atoms with Crippen LogP contribution in [0.5, 0.6) is 0 Å². The lowest BCUT2D eigenvalue weighted by Gasteiger charge is -2.34. The van der Waals surface area contributed by atoms with Crippen molar-refractivity contribution in [2.24, 2.45) is 11.8 Å². The monoisotopic (exact) mass is 375 g/mol. The van der Waals surface area contributed by atoms with E-state index in [9.17, 15) is 14.4 Å². The molecule has 3 amide bonds. The lowest BCUT2D eigenvalue weighted by atomic mass is 9.76. The second-order valence-corrected chi connectivity index (χ2v) is 8.96. The van der Waals surface area contributed by atoms with Crippen molar-refractivity contribution in [1.29, 1.82) is 0 Å². The molecular formula is C19H22ClN3O3. The first kappa shape index (κ1) is 17.5. The van der Waals surface area contributed by atoms with Crippen LogP contribution in [0.25, 0.3) is 0 Å². The highest BCUT2D eigenvalue weighted by Gasteiger charge is 2.70. The summed E-state index contributed by atoms with van der Waals surface area (Å²) in [6, 6.07) is 3.34. The maximum Gasteiger partial charge on any atom is 0.250 e. The lowest BCUT2D eigenvalue weighted by Crippen LogP contribution is -2.55. The summed E-state index contributed by atoms with van der Waals surface area (Å²) in [6.07, 6.45) is 0. The molecule has 0 radical (unpaired) electrons. The summed E-state index contributed by atoms with van der Waals surface area (Å²) in [4.78, 5) is 40.8. The van der Waals surface area contributed by atoms with Gasteiger partial charge in [-0.3, -0.25) is 24.6 Å². The maximum atomic E-state index is 13.3. The smallest absolute Gasteiger partial charge is 0.250 e. The Morgan fingerprint density at radius 3 is 2.42 bits per heavy atom. The Hall–Kier alpha value is -1.92. The van der Waals surface area contributed by atoms with Crippen LogP contribution >= 0.6 is 11.6 Å². The molecular weight excluding hydrogens is 354 g/mol. The number of benzene rings is 1. The molecule has 4 rings (SSSR count). The standard InChI is InChI=1S/C19H22ClN3O3/c1-8-6-10-14(11(20)7-8)21-17(26)19(10)13-12(9(2)22-19)15(24)23(16(13)25)18(3,4)5/h6-7,9,12-13,22H,1-5H3,(H,21,26). The van der Waals surface area contributed by atoms with Crippen LogP contribution in [0, 0.1) is 18.8 Å². The van der Waals surface area contributed by atoms with Crippen molar-refractivity contribution in [3.8, 4) is 0 Å². The number of nitrogens with one attached hydrogen (secondary N) is 2. The SMILES string of the molecule is Cc1cc(Cl)c2c(c1)C1(NC(C)C3C(=O)N(C(C)(C)C)C(=O)C31)C(=O)N2. The van der Waals surface area contributed by atoms with E-state index in [1.54, 1.807) is 6.07 Å². The predicted octanol–water partition coefficient (Wildman–Crippen LogP) is 2.19. The van der Waals surface area contributed by atoms with Gasteiger partial charge in [-0.2, -0.15) is 0 Å². The van der Waals surface area contributed by atoms with Crippen molar-refractivity contribution in [3.05, 3.63) is 28.3 Å². The van der Waals surface area contributed by atoms with Gasteiger partial charge in [0.05, 0.1) is 22.5 Å². The van der Waals surface area contributed by atoms with Crippen LogP contribution in [-0.2, 0) is 19.9 Å². The van der Waals surface area contributed by atoms with Gasteiger partial charge in [0.25, 0.3) is 0 Å². The molecule has 3 aliphatic heterocycles. The first-order valence-corrected chi connectivity index (χ1v) is 9.15. The van der Waals surface area contributed by atoms with Gasteiger partial charge in [-0.15, -0.1) is 0 Å². The second-order valence-electron chi connectivity index (χ2n) is 8.55. The number of hydrogen-bond acceptors (Lipinski definition) is 4. The summed E-state index contributed by atoms with van der Waals surface area (Å²) < 4.78 is 0. The molecule has 6 nitrogen and oxygen atoms in total. The van der Waals surface area contributed by atoms with Crippen molar-refractivity contribution >= 4 is 35.0 Å². The van der Waals surface area contributed by atoms with Gasteiger partial charge in [0, 0.05) is 17.1 Å². The number of likely N-dealkylation sites (tertiary alicyclic amines) is 1. The summed E-state index contributed by atoms with van der Waals surface area (Å²) in [5.74, 6) is -2.19. The van der Waals surface area contributed by atoms with E-state index >= 15 is 0 Å². The molecule has 0 bridgehead atoms. The number of rotatable bonds is 0. The van der Waals surface area contributed by atoms with Gasteiger partial charge in [0.15, 0.2) is 0 Å². The zero-order valence-electron chi connectivity index (χ0n) is 15.4. The predicted molar refractivity (Wildman–Crippen MR) is 97.7 cm³/mol. The van der Waals surface area contributed by atoms with Crippen LogP contribution in [0.3, 0.4) is 0 Å². The minimum absolute atomic E-state index is 0.218. The summed E-state index contributed by atoms with van der Waals surface area (Å²) in [7, 11) is 0. The van der Waals surface area contributed by atoms with Gasteiger partial charge >= 0.3 is 0 Å². The zero-order valence-corrected chi connectivity index (χ0v) is 16.2. The van der Waals surface area contributed by atoms with E-state index in [4.69, 9.17) is 11.6 Å². The molecule has 0 aliphatic carbocycles. The molecule has 2 fully saturated rings. The molecule has 3 aliphatic rings. The summed E-state index contributed by atoms with van der Waals surface area (Å²) >= 11 is 6.34. The number of carbonyl (C=O) groups excluding carboxylic acids is 3. The first-order chi connectivity index (χ1) is 12.0. The van der Waals surface area contributed by atoms with Gasteiger partial charge in [-0.1, -0.05) is 17.7 Å². The number of nitrogens with zero attached hydrogens (tertiary/aromatic N) is 1. The normalized spacial score (nSPS) is 33.1. The van der Waals surface area contributed by atoms with Gasteiger partial charge < -0.3 is 5.32 Å². The molecule has 7 heteroatoms. The summed E-state index contributed by atoms with van der Waals surface area (Å²) in [5.41, 5.74) is 0.177. The minimum atomic E-state index is -1.26. The van der Waals surface area contributed by atoms with E-state index < -0.39 is 22.9 Å². The Labute approximate surface area is 157 Å². The molecule has 26 heavy (non-hydrogen) atoms. The Kier molecular flexibility index (Phi) is 3.42. The van der Waals surface area contributed by atoms with E-state index in [0.717, 1.165) is 5.56 Å². The van der Waals surface area contributed by atoms with Gasteiger partial charge in [0.2, 0.25) is 17.7 Å². The van der Waals surface area contributed by atoms with Crippen LogP contribution in [0.15, 0.2) is 12.1 Å². The Morgan fingerprint density at radius 2 is 1.81 bits per heavy atom. The number of fused-ring (bicyclic) bond motifs is 4. The van der Waals surface area contributed by atoms with Gasteiger partial charge in [-0.25, -0.2) is 0 Å². The molecule has 2 N–H and O–H groups in total. The van der Waals surface area contributed by atoms with Crippen LogP contribution < -0.4 is 10.6 Å². The molecule has 1 spiro atoms. The summed E-state index contributed by atoms with van der Waals surface area (Å²) in [6.45, 7) is 9.24. The van der Waals surface area contributed by atoms with E-state index in [-0.39, 0.29) is 23.8 Å². The van der Waals surface area contributed by atoms with Crippen molar-refractivity contribution in [3.63, 3.8) is 0 Å². The fourth-order valence-electron chi connectivity index (χ4n) is 4.82. The summed E-state index contributed by atoms with van der Waals surface area (Å²) in [5, 5.41) is 6.56. The largest absolute Gasteiger partial charge is 0.323 e. The molecule has 0 saturated carbocycles. The average molecular weight is 376 g/mol. The molecule has 3 heterocycles. The van der Waals surface area contributed by atoms with Crippen molar-refractivity contribution in [2.45, 2.75) is 51.7 Å². The Bertz CT molecular complexity index is 876. The highest BCUT2D eigenvalue weighted by atomic mass is 35.5. The zero-order chi connectivity index (χ0) is 19.2. The van der Waals surface area contributed by atoms with E-state index in [1.807, 2.05) is 40.7 Å². The van der Waals surface area contributed by atoms with Crippen molar-refractivity contribution in [2.75, 3.05) is 5.32 Å². The fourth-order valence-corrected chi connectivity index (χ4v) is 5.14. The van der Waals surface area contributed by atoms with E-state index in [1.165, 1.54) is 4.90 Å². The van der Waals surface area contributed by atoms with Crippen LogP contribution in [0.2, 0.25) is 5.02 Å². The molecule has 4 atom stereocenters. The first-order valence-electron chi connectivity index (χ1n) is 8.78. The highest BCUT2D eigenvalue weighted by molar-refractivity contribution is 6.35. The fraction of sp³-hybridized carbons (Fsp3) is 0.526. The number of carbonyl (C=O) groups is 3. The number of halogens is 1. The lowest BCUT2D eigenvalue weighted by molar-refractivity contribution is -0.147. The second kappa shape index (κ2) is 5.08. The van der Waals surface area contributed by atoms with Crippen molar-refractivity contribution < 1.29 is 14.4 Å². The Balaban J connectivity index is 1.94. The molecule has 1 aromatic rings. The molecule has 0 aromatic heterocycles. The number of hydrogen-bond donors (Lipinski definition) is 2. The number of anilines is 1. The van der Waals surface area contributed by atoms with E-state index in [2.05, 4.69) is 10.6 Å². The van der Waals surface area contributed by atoms with Crippen LogP contribution in [0.4, 0.5) is 5.69 Å². The third kappa shape index (κ3) is 1.94. The van der Waals surface area contributed by atoms with Crippen LogP contribution in [-0.4, -0.2) is 34.2 Å². The third-order valence-electron chi connectivity index (χ3n) is 5.74. The molecule has 138 valence electrons. The Morgan fingerprint density at radius 1 is 1.15 bits per heavy atom. The quantitative estimate of drug-likeness (QED) is 0.681. The number of amides is 3. The van der Waals surface area contributed by atoms with Crippen LogP contribution in [0.1, 0.15) is 38.8 Å². The number of imide groups is 1. The van der Waals surface area contributed by atoms with Gasteiger partial charge in [0.1, 0.15) is 5.54 Å². The minimum Gasteiger partial charge on any atom is -0.323 e. The topological polar surface area (TPSA) is 78.5 Å². The highest BCUT2D eigenvalue weighted by Crippen LogP contribution is 2.55. The maximum absolute atomic E-state index is 13.3. The third-order valence-corrected chi connectivity index (χ3v) is 6.04. The average Bonchev–Trinajstić information content (AvgIpc) is 3.05. The van der Waals surface area contributed by atoms with Gasteiger partial charge in [-0.05, 0) is 46.2 Å². The number of aryl methyl sites for hydroxylation is 1. The molecule has 4 unspecified atom stereocenters. The van der Waals surface area contributed by atoms with Crippen molar-refractivity contribution in [1.82, 2.24) is 10.2 Å². The van der Waals surface area contributed by atoms with E-state index in [0.29, 0.717) is 16.3 Å². The molecule has 1 aromatic carbocycles.